The van der Waals surface area contributed by atoms with E-state index in [-0.39, 0.29) is 0 Å². The van der Waals surface area contributed by atoms with E-state index in [1.165, 1.54) is 0 Å². The highest BCUT2D eigenvalue weighted by molar-refractivity contribution is 6.10. The Morgan fingerprint density at radius 2 is 0.650 bits per heavy atom. The van der Waals surface area contributed by atoms with Gasteiger partial charge in [0.1, 0.15) is 0 Å². The number of anilines is 6. The number of hydrogen-bond donors (Lipinski definition) is 1. The van der Waals surface area contributed by atoms with Gasteiger partial charge in [-0.15, -0.1) is 0 Å². The average Bonchev–Trinajstić information content (AvgIpc) is 3.30. The summed E-state index contributed by atoms with van der Waals surface area (Å²) in [5.74, 6) is 6.85. The summed E-state index contributed by atoms with van der Waals surface area (Å²) in [4.78, 5) is 4.52. The van der Waals surface area contributed by atoms with Gasteiger partial charge in [0.05, 0.1) is 11.0 Å². The van der Waals surface area contributed by atoms with Gasteiger partial charge in [-0.05, 0) is 72.8 Å². The summed E-state index contributed by atoms with van der Waals surface area (Å²) >= 11 is 0. The van der Waals surface area contributed by atoms with E-state index in [1.54, 1.807) is 0 Å². The Morgan fingerprint density at radius 1 is 0.350 bits per heavy atom. The molecule has 0 bridgehead atoms. The van der Waals surface area contributed by atoms with Gasteiger partial charge in [-0.3, -0.25) is 4.68 Å². The Hall–Kier alpha value is -5.48. The predicted molar refractivity (Wildman–Crippen MR) is 169 cm³/mol. The summed E-state index contributed by atoms with van der Waals surface area (Å²) in [5.41, 5.74) is 8.44. The second-order valence-corrected chi connectivity index (χ2v) is 9.79. The topological polar surface area (TPSA) is 37.4 Å². The molecule has 2 N–H and O–H groups in total. The zero-order valence-electron chi connectivity index (χ0n) is 21.9. The molecular formula is C36H28N4. The zero-order valence-corrected chi connectivity index (χ0v) is 21.9. The Balaban J connectivity index is 1.39. The number of aromatic nitrogens is 1. The first kappa shape index (κ1) is 23.6. The van der Waals surface area contributed by atoms with E-state index in [9.17, 15) is 0 Å². The Labute approximate surface area is 233 Å². The zero-order chi connectivity index (χ0) is 26.9. The van der Waals surface area contributed by atoms with Crippen molar-refractivity contribution >= 4 is 55.9 Å². The molecule has 192 valence electrons. The highest BCUT2D eigenvalue weighted by Gasteiger charge is 2.18. The van der Waals surface area contributed by atoms with Crippen molar-refractivity contribution in [1.29, 1.82) is 0 Å². The summed E-state index contributed by atoms with van der Waals surface area (Å²) in [6.07, 6.45) is 0. The van der Waals surface area contributed by atoms with Gasteiger partial charge in [0.2, 0.25) is 0 Å². The minimum Gasteiger partial charge on any atom is -0.339 e. The van der Waals surface area contributed by atoms with Crippen LogP contribution in [0.25, 0.3) is 21.8 Å². The van der Waals surface area contributed by atoms with E-state index >= 15 is 0 Å². The predicted octanol–water partition coefficient (Wildman–Crippen LogP) is 9.45. The number of nitrogens with zero attached hydrogens (tertiary/aromatic N) is 3. The number of para-hydroxylation sites is 4. The molecule has 0 saturated heterocycles. The Bertz CT molecular complexity index is 1680. The van der Waals surface area contributed by atoms with Crippen LogP contribution in [0.5, 0.6) is 0 Å². The second-order valence-electron chi connectivity index (χ2n) is 9.79. The van der Waals surface area contributed by atoms with Crippen molar-refractivity contribution < 1.29 is 0 Å². The molecule has 7 aromatic rings. The van der Waals surface area contributed by atoms with Gasteiger partial charge in [0.25, 0.3) is 0 Å². The maximum Gasteiger partial charge on any atom is 0.0724 e. The molecule has 0 atom stereocenters. The maximum absolute atomic E-state index is 6.85. The van der Waals surface area contributed by atoms with Gasteiger partial charge in [-0.1, -0.05) is 84.9 Å². The van der Waals surface area contributed by atoms with Gasteiger partial charge >= 0.3 is 0 Å². The molecule has 4 heteroatoms. The van der Waals surface area contributed by atoms with E-state index in [2.05, 4.69) is 143 Å². The average molecular weight is 517 g/mol. The lowest BCUT2D eigenvalue weighted by molar-refractivity contribution is 1.12. The highest BCUT2D eigenvalue weighted by Crippen LogP contribution is 2.40. The van der Waals surface area contributed by atoms with Crippen LogP contribution in [0.15, 0.2) is 158 Å². The molecule has 4 nitrogen and oxygen atoms in total. The lowest BCUT2D eigenvalue weighted by Gasteiger charge is -2.25. The van der Waals surface area contributed by atoms with Crippen LogP contribution in [0.3, 0.4) is 0 Å². The van der Waals surface area contributed by atoms with Crippen molar-refractivity contribution in [2.24, 2.45) is 0 Å². The smallest absolute Gasteiger partial charge is 0.0724 e. The van der Waals surface area contributed by atoms with Crippen molar-refractivity contribution in [2.75, 3.05) is 15.6 Å². The lowest BCUT2D eigenvalue weighted by Crippen LogP contribution is -2.12. The largest absolute Gasteiger partial charge is 0.339 e. The third kappa shape index (κ3) is 4.12. The quantitative estimate of drug-likeness (QED) is 0.224. The minimum atomic E-state index is 0.979. The monoisotopic (exact) mass is 516 g/mol. The SMILES string of the molecule is Nn1c2cc(N(c3ccccc3)c3ccccc3)ccc2c2ccc(N(c3ccccc3)c3ccccc3)cc21. The Kier molecular flexibility index (Phi) is 5.91. The lowest BCUT2D eigenvalue weighted by atomic mass is 10.1. The van der Waals surface area contributed by atoms with E-state index in [0.29, 0.717) is 0 Å². The highest BCUT2D eigenvalue weighted by atomic mass is 15.3. The van der Waals surface area contributed by atoms with Crippen LogP contribution >= 0.6 is 0 Å². The van der Waals surface area contributed by atoms with Crippen LogP contribution in [-0.2, 0) is 0 Å². The molecule has 1 aromatic heterocycles. The molecule has 0 saturated carbocycles. The summed E-state index contributed by atoms with van der Waals surface area (Å²) in [6, 6.07) is 54.8. The third-order valence-electron chi connectivity index (χ3n) is 7.35. The van der Waals surface area contributed by atoms with Crippen LogP contribution in [0, 0.1) is 0 Å². The first-order valence-electron chi connectivity index (χ1n) is 13.4. The molecule has 0 spiro atoms. The Morgan fingerprint density at radius 3 is 0.950 bits per heavy atom. The van der Waals surface area contributed by atoms with Crippen LogP contribution in [-0.4, -0.2) is 4.68 Å². The van der Waals surface area contributed by atoms with Crippen molar-refractivity contribution in [1.82, 2.24) is 4.68 Å². The number of rotatable bonds is 6. The van der Waals surface area contributed by atoms with Crippen LogP contribution in [0.1, 0.15) is 0 Å². The number of fused-ring (bicyclic) bond motifs is 3. The van der Waals surface area contributed by atoms with Crippen LogP contribution < -0.4 is 15.6 Å². The molecule has 6 aromatic carbocycles. The molecule has 0 fully saturated rings. The fourth-order valence-electron chi connectivity index (χ4n) is 5.50. The standard InChI is InChI=1S/C36H28N4/c37-40-35-25-31(38(27-13-5-1-6-14-27)28-15-7-2-8-16-28)21-23-33(35)34-24-22-32(26-36(34)40)39(29-17-9-3-10-18-29)30-19-11-4-12-20-30/h1-26H,37H2. The first-order chi connectivity index (χ1) is 19.8. The number of nitrogen functional groups attached to an aromatic ring is 1. The van der Waals surface area contributed by atoms with E-state index in [4.69, 9.17) is 5.84 Å². The fraction of sp³-hybridized carbons (Fsp3) is 0. The van der Waals surface area contributed by atoms with Crippen molar-refractivity contribution in [3.05, 3.63) is 158 Å². The summed E-state index contributed by atoms with van der Waals surface area (Å²) < 4.78 is 1.82. The molecule has 7 rings (SSSR count). The third-order valence-corrected chi connectivity index (χ3v) is 7.35. The molecule has 0 aliphatic rings. The van der Waals surface area contributed by atoms with Crippen molar-refractivity contribution in [3.63, 3.8) is 0 Å². The molecule has 0 radical (unpaired) electrons. The van der Waals surface area contributed by atoms with Gasteiger partial charge in [0, 0.05) is 44.9 Å². The van der Waals surface area contributed by atoms with Crippen molar-refractivity contribution in [3.8, 4) is 0 Å². The van der Waals surface area contributed by atoms with Crippen molar-refractivity contribution in [2.45, 2.75) is 0 Å². The normalized spacial score (nSPS) is 11.1. The van der Waals surface area contributed by atoms with Gasteiger partial charge in [-0.25, -0.2) is 0 Å². The van der Waals surface area contributed by atoms with E-state index in [1.807, 2.05) is 28.9 Å². The van der Waals surface area contributed by atoms with E-state index < -0.39 is 0 Å². The minimum absolute atomic E-state index is 0.979. The van der Waals surface area contributed by atoms with Gasteiger partial charge < -0.3 is 15.6 Å². The fourth-order valence-corrected chi connectivity index (χ4v) is 5.50. The van der Waals surface area contributed by atoms with Crippen LogP contribution in [0.4, 0.5) is 34.1 Å². The summed E-state index contributed by atoms with van der Waals surface area (Å²) in [6.45, 7) is 0. The van der Waals surface area contributed by atoms with Gasteiger partial charge in [-0.2, -0.15) is 0 Å². The molecule has 0 aliphatic heterocycles. The molecule has 0 aliphatic carbocycles. The van der Waals surface area contributed by atoms with Gasteiger partial charge in [0.15, 0.2) is 0 Å². The van der Waals surface area contributed by atoms with E-state index in [0.717, 1.165) is 55.9 Å². The molecule has 0 amide bonds. The summed E-state index contributed by atoms with van der Waals surface area (Å²) in [7, 11) is 0. The molecule has 40 heavy (non-hydrogen) atoms. The number of benzene rings is 6. The first-order valence-corrected chi connectivity index (χ1v) is 13.4. The maximum atomic E-state index is 6.85. The molecular weight excluding hydrogens is 488 g/mol. The second kappa shape index (κ2) is 10.0. The van der Waals surface area contributed by atoms with Crippen LogP contribution in [0.2, 0.25) is 0 Å². The molecule has 1 heterocycles. The summed E-state index contributed by atoms with van der Waals surface area (Å²) in [5, 5.41) is 2.25. The number of hydrogen-bond acceptors (Lipinski definition) is 3. The number of nitrogens with two attached hydrogens (primary N) is 1. The molecule has 0 unspecified atom stereocenters.